The van der Waals surface area contributed by atoms with Gasteiger partial charge in [-0.05, 0) is 32.4 Å². The number of aliphatic imine (C=N–C) groups is 1. The second-order valence-corrected chi connectivity index (χ2v) is 5.57. The summed E-state index contributed by atoms with van der Waals surface area (Å²) in [7, 11) is 2.09. The van der Waals surface area contributed by atoms with Crippen LogP contribution in [0.4, 0.5) is 0 Å². The molecular formula is C17H28IN5. The lowest BCUT2D eigenvalue weighted by atomic mass is 10.3. The first-order chi connectivity index (χ1) is 10.7. The number of nitrogens with zero attached hydrogens (tertiary/aromatic N) is 4. The summed E-state index contributed by atoms with van der Waals surface area (Å²) in [6.07, 6.45) is 4.44. The first kappa shape index (κ1) is 19.7. The van der Waals surface area contributed by atoms with Gasteiger partial charge in [-0.3, -0.25) is 0 Å². The monoisotopic (exact) mass is 429 g/mol. The van der Waals surface area contributed by atoms with E-state index in [9.17, 15) is 0 Å². The minimum Gasteiger partial charge on any atom is -0.357 e. The number of aromatic nitrogens is 2. The molecular weight excluding hydrogens is 401 g/mol. The molecule has 0 aliphatic heterocycles. The molecule has 0 amide bonds. The molecule has 0 radical (unpaired) electrons. The Morgan fingerprint density at radius 1 is 1.35 bits per heavy atom. The van der Waals surface area contributed by atoms with Gasteiger partial charge in [-0.15, -0.1) is 24.0 Å². The van der Waals surface area contributed by atoms with Gasteiger partial charge in [0.05, 0.1) is 12.2 Å². The van der Waals surface area contributed by atoms with E-state index in [1.54, 1.807) is 0 Å². The van der Waals surface area contributed by atoms with Crippen molar-refractivity contribution in [2.45, 2.75) is 40.2 Å². The van der Waals surface area contributed by atoms with Crippen molar-refractivity contribution in [1.29, 1.82) is 0 Å². The standard InChI is InChI=1S/C17H27N5.HI/c1-5-7-11-21(4)17(18-6-2)19-12-15-13-22-14(3)9-8-10-16(22)20-15;/h8-10,13H,5-7,11-12H2,1-4H3,(H,18,19);1H. The molecule has 0 unspecified atom stereocenters. The predicted molar refractivity (Wildman–Crippen MR) is 108 cm³/mol. The lowest BCUT2D eigenvalue weighted by molar-refractivity contribution is 0.464. The van der Waals surface area contributed by atoms with E-state index in [0.717, 1.165) is 30.4 Å². The van der Waals surface area contributed by atoms with Gasteiger partial charge in [0.2, 0.25) is 0 Å². The summed E-state index contributed by atoms with van der Waals surface area (Å²) >= 11 is 0. The number of unbranched alkanes of at least 4 members (excludes halogenated alkanes) is 1. The van der Waals surface area contributed by atoms with Gasteiger partial charge in [-0.25, -0.2) is 9.98 Å². The summed E-state index contributed by atoms with van der Waals surface area (Å²) in [6.45, 7) is 8.88. The van der Waals surface area contributed by atoms with Crippen molar-refractivity contribution in [1.82, 2.24) is 19.6 Å². The Balaban J connectivity index is 0.00000264. The Bertz CT molecular complexity index is 635. The highest BCUT2D eigenvalue weighted by Crippen LogP contribution is 2.09. The Hall–Kier alpha value is -1.31. The quantitative estimate of drug-likeness (QED) is 0.435. The average molecular weight is 429 g/mol. The Morgan fingerprint density at radius 3 is 2.78 bits per heavy atom. The maximum absolute atomic E-state index is 4.72. The molecule has 2 heterocycles. The number of imidazole rings is 1. The summed E-state index contributed by atoms with van der Waals surface area (Å²) in [5.74, 6) is 0.949. The molecule has 1 N–H and O–H groups in total. The van der Waals surface area contributed by atoms with Crippen molar-refractivity contribution >= 4 is 35.6 Å². The van der Waals surface area contributed by atoms with Gasteiger partial charge in [0, 0.05) is 32.0 Å². The van der Waals surface area contributed by atoms with Crippen LogP contribution in [0, 0.1) is 6.92 Å². The summed E-state index contributed by atoms with van der Waals surface area (Å²) in [5.41, 5.74) is 3.16. The number of aryl methyl sites for hydroxylation is 1. The fourth-order valence-electron chi connectivity index (χ4n) is 2.40. The zero-order valence-electron chi connectivity index (χ0n) is 14.5. The third-order valence-electron chi connectivity index (χ3n) is 3.68. The molecule has 0 fully saturated rings. The average Bonchev–Trinajstić information content (AvgIpc) is 2.93. The van der Waals surface area contributed by atoms with Gasteiger partial charge < -0.3 is 14.6 Å². The normalized spacial score (nSPS) is 11.4. The Morgan fingerprint density at radius 2 is 2.13 bits per heavy atom. The molecule has 0 aromatic carbocycles. The summed E-state index contributed by atoms with van der Waals surface area (Å²) in [6, 6.07) is 6.15. The van der Waals surface area contributed by atoms with Crippen LogP contribution in [0.3, 0.4) is 0 Å². The number of guanidine groups is 1. The molecule has 2 aromatic heterocycles. The van der Waals surface area contributed by atoms with Gasteiger partial charge in [0.25, 0.3) is 0 Å². The lowest BCUT2D eigenvalue weighted by Gasteiger charge is -2.21. The van der Waals surface area contributed by atoms with Crippen molar-refractivity contribution in [3.05, 3.63) is 35.8 Å². The van der Waals surface area contributed by atoms with E-state index in [-0.39, 0.29) is 24.0 Å². The molecule has 2 aromatic rings. The van der Waals surface area contributed by atoms with E-state index < -0.39 is 0 Å². The largest absolute Gasteiger partial charge is 0.357 e. The molecule has 6 heteroatoms. The van der Waals surface area contributed by atoms with Crippen LogP contribution in [0.2, 0.25) is 0 Å². The highest BCUT2D eigenvalue weighted by Gasteiger charge is 2.06. The second-order valence-electron chi connectivity index (χ2n) is 5.57. The molecule has 0 saturated heterocycles. The molecule has 0 aliphatic carbocycles. The van der Waals surface area contributed by atoms with E-state index in [2.05, 4.69) is 59.7 Å². The summed E-state index contributed by atoms with van der Waals surface area (Å²) < 4.78 is 2.11. The fourth-order valence-corrected chi connectivity index (χ4v) is 2.40. The number of hydrogen-bond acceptors (Lipinski definition) is 2. The Labute approximate surface area is 156 Å². The van der Waals surface area contributed by atoms with Gasteiger partial charge in [0.15, 0.2) is 5.96 Å². The number of rotatable bonds is 6. The second kappa shape index (κ2) is 9.75. The van der Waals surface area contributed by atoms with Gasteiger partial charge >= 0.3 is 0 Å². The smallest absolute Gasteiger partial charge is 0.194 e. The van der Waals surface area contributed by atoms with E-state index in [0.29, 0.717) is 6.54 Å². The minimum atomic E-state index is 0. The third kappa shape index (κ3) is 5.37. The zero-order valence-corrected chi connectivity index (χ0v) is 16.9. The van der Waals surface area contributed by atoms with Crippen LogP contribution in [0.5, 0.6) is 0 Å². The maximum Gasteiger partial charge on any atom is 0.194 e. The minimum absolute atomic E-state index is 0. The Kier molecular flexibility index (Phi) is 8.36. The van der Waals surface area contributed by atoms with Crippen molar-refractivity contribution in [2.24, 2.45) is 4.99 Å². The van der Waals surface area contributed by atoms with E-state index in [4.69, 9.17) is 4.99 Å². The number of nitrogens with one attached hydrogen (secondary N) is 1. The topological polar surface area (TPSA) is 44.9 Å². The molecule has 0 atom stereocenters. The van der Waals surface area contributed by atoms with E-state index in [1.807, 2.05) is 12.1 Å². The number of hydrogen-bond donors (Lipinski definition) is 1. The van der Waals surface area contributed by atoms with Crippen molar-refractivity contribution in [3.8, 4) is 0 Å². The zero-order chi connectivity index (χ0) is 15.9. The van der Waals surface area contributed by atoms with Crippen molar-refractivity contribution in [3.63, 3.8) is 0 Å². The number of fused-ring (bicyclic) bond motifs is 1. The molecule has 0 bridgehead atoms. The van der Waals surface area contributed by atoms with Crippen molar-refractivity contribution < 1.29 is 0 Å². The van der Waals surface area contributed by atoms with Crippen LogP contribution in [-0.2, 0) is 6.54 Å². The van der Waals surface area contributed by atoms with Crippen LogP contribution >= 0.6 is 24.0 Å². The van der Waals surface area contributed by atoms with Crippen LogP contribution in [0.15, 0.2) is 29.4 Å². The highest BCUT2D eigenvalue weighted by molar-refractivity contribution is 14.0. The fraction of sp³-hybridized carbons (Fsp3) is 0.529. The first-order valence-corrected chi connectivity index (χ1v) is 8.08. The molecule has 2 rings (SSSR count). The highest BCUT2D eigenvalue weighted by atomic mass is 127. The van der Waals surface area contributed by atoms with E-state index >= 15 is 0 Å². The number of pyridine rings is 1. The number of halogens is 1. The SMILES string of the molecule is CCCCN(C)C(=NCc1cn2c(C)cccc2n1)NCC.I. The van der Waals surface area contributed by atoms with Crippen LogP contribution < -0.4 is 5.32 Å². The van der Waals surface area contributed by atoms with Crippen LogP contribution in [0.1, 0.15) is 38.1 Å². The lowest BCUT2D eigenvalue weighted by Crippen LogP contribution is -2.39. The van der Waals surface area contributed by atoms with Gasteiger partial charge in [-0.2, -0.15) is 0 Å². The molecule has 23 heavy (non-hydrogen) atoms. The van der Waals surface area contributed by atoms with Crippen LogP contribution in [-0.4, -0.2) is 40.4 Å². The third-order valence-corrected chi connectivity index (χ3v) is 3.68. The first-order valence-electron chi connectivity index (χ1n) is 8.08. The molecule has 0 aliphatic rings. The molecule has 5 nitrogen and oxygen atoms in total. The van der Waals surface area contributed by atoms with E-state index in [1.165, 1.54) is 18.5 Å². The van der Waals surface area contributed by atoms with Crippen molar-refractivity contribution in [2.75, 3.05) is 20.1 Å². The molecule has 0 spiro atoms. The maximum atomic E-state index is 4.72. The molecule has 0 saturated carbocycles. The summed E-state index contributed by atoms with van der Waals surface area (Å²) in [5, 5.41) is 3.35. The molecule has 128 valence electrons. The van der Waals surface area contributed by atoms with Gasteiger partial charge in [0.1, 0.15) is 5.65 Å². The van der Waals surface area contributed by atoms with Gasteiger partial charge in [-0.1, -0.05) is 19.4 Å². The summed E-state index contributed by atoms with van der Waals surface area (Å²) in [4.78, 5) is 11.5. The van der Waals surface area contributed by atoms with Crippen LogP contribution in [0.25, 0.3) is 5.65 Å². The predicted octanol–water partition coefficient (Wildman–Crippen LogP) is 3.46.